The van der Waals surface area contributed by atoms with Gasteiger partial charge in [0, 0.05) is 0 Å². The number of rotatable bonds is 6. The van der Waals surface area contributed by atoms with Crippen LogP contribution in [0.4, 0.5) is 0 Å². The van der Waals surface area contributed by atoms with Crippen LogP contribution in [0.5, 0.6) is 0 Å². The van der Waals surface area contributed by atoms with Gasteiger partial charge in [0.05, 0.1) is 15.8 Å². The number of hydrogen-bond acceptors (Lipinski definition) is 4. The van der Waals surface area contributed by atoms with E-state index in [1.54, 1.807) is 0 Å². The van der Waals surface area contributed by atoms with Gasteiger partial charge in [-0.05, 0) is 72.8 Å². The van der Waals surface area contributed by atoms with E-state index in [-0.39, 0.29) is 21.1 Å². The van der Waals surface area contributed by atoms with Gasteiger partial charge >= 0.3 is 21.1 Å². The summed E-state index contributed by atoms with van der Waals surface area (Å²) in [7, 11) is -1.75. The summed E-state index contributed by atoms with van der Waals surface area (Å²) in [4.78, 5) is 31.0. The molecule has 0 aliphatic heterocycles. The van der Waals surface area contributed by atoms with Crippen molar-refractivity contribution >= 4 is 74.8 Å². The van der Waals surface area contributed by atoms with Gasteiger partial charge in [0.15, 0.2) is 0 Å². The van der Waals surface area contributed by atoms with Crippen molar-refractivity contribution in [2.75, 3.05) is 0 Å². The molecule has 0 unspecified atom stereocenters. The van der Waals surface area contributed by atoms with Crippen LogP contribution in [0.25, 0.3) is 0 Å². The Balaban J connectivity index is 0.000000731. The van der Waals surface area contributed by atoms with Crippen LogP contribution in [-0.4, -0.2) is 27.2 Å². The molecule has 0 bridgehead atoms. The fourth-order valence-corrected chi connectivity index (χ4v) is 9.78. The zero-order chi connectivity index (χ0) is 33.8. The molecule has 0 spiro atoms. The summed E-state index contributed by atoms with van der Waals surface area (Å²) in [6.07, 6.45) is 0. The molecule has 47 heavy (non-hydrogen) atoms. The molecule has 0 aromatic heterocycles. The third kappa shape index (κ3) is 14.2. The van der Waals surface area contributed by atoms with Crippen molar-refractivity contribution in [3.63, 3.8) is 0 Å². The van der Waals surface area contributed by atoms with Crippen LogP contribution < -0.4 is 31.8 Å². The molecule has 6 rings (SSSR count). The van der Waals surface area contributed by atoms with E-state index in [1.807, 2.05) is 0 Å². The van der Waals surface area contributed by atoms with Crippen LogP contribution >= 0.6 is 15.8 Å². The molecule has 0 saturated heterocycles. The van der Waals surface area contributed by atoms with E-state index in [1.165, 1.54) is 31.8 Å². The molecular weight excluding hydrogens is 702 g/mol. The van der Waals surface area contributed by atoms with E-state index >= 15 is 0 Å². The van der Waals surface area contributed by atoms with Crippen molar-refractivity contribution in [1.29, 1.82) is 0 Å². The van der Waals surface area contributed by atoms with Crippen LogP contribution in [0.2, 0.25) is 0 Å². The second kappa shape index (κ2) is 27.8. The SMILES string of the molecule is [CH-]=O.[CH-]=O.[CH-]=O.[CH-]=O.[Mo+4].c1ccc([PH+](c2ccccc2)c2ccccc2)cc1.c1ccc([PH+](c2ccccc2)c2ccccc2)cc1. The zero-order valence-corrected chi connectivity index (χ0v) is 29.7. The third-order valence-electron chi connectivity index (χ3n) is 6.37. The smallest absolute Gasteiger partial charge is 0.545 e. The zero-order valence-electron chi connectivity index (χ0n) is 25.7. The summed E-state index contributed by atoms with van der Waals surface area (Å²) in [5.74, 6) is 0. The third-order valence-corrected chi connectivity index (χ3v) is 11.8. The first kappa shape index (κ1) is 42.5. The summed E-state index contributed by atoms with van der Waals surface area (Å²) in [6.45, 7) is 13.0. The molecule has 0 aliphatic rings. The molecule has 0 saturated carbocycles. The summed E-state index contributed by atoms with van der Waals surface area (Å²) < 4.78 is 0. The van der Waals surface area contributed by atoms with E-state index < -0.39 is 15.8 Å². The standard InChI is InChI=1S/2C18H15P.4CHO.Mo/c2*1-4-10-16(11-5-1)19(17-12-6-2-7-13-17)18-14-8-3-9-15-18;4*1-2;/h2*1-15H;4*1H;/q;;4*-1;+4/p+2. The van der Waals surface area contributed by atoms with Crippen LogP contribution in [0.15, 0.2) is 182 Å². The maximum atomic E-state index is 7.75. The number of benzene rings is 6. The van der Waals surface area contributed by atoms with Gasteiger partial charge in [-0.1, -0.05) is 109 Å². The van der Waals surface area contributed by atoms with Crippen LogP contribution in [0.1, 0.15) is 0 Å². The van der Waals surface area contributed by atoms with Crippen molar-refractivity contribution in [2.45, 2.75) is 0 Å². The molecule has 0 atom stereocenters. The van der Waals surface area contributed by atoms with E-state index in [4.69, 9.17) is 19.2 Å². The Morgan fingerprint density at radius 1 is 0.234 bits per heavy atom. The maximum Gasteiger partial charge on any atom is 4.00 e. The minimum absolute atomic E-state index is 0. The van der Waals surface area contributed by atoms with Gasteiger partial charge in [-0.3, -0.25) is 27.2 Å². The van der Waals surface area contributed by atoms with Crippen molar-refractivity contribution in [3.05, 3.63) is 182 Å². The molecule has 0 amide bonds. The minimum Gasteiger partial charge on any atom is -0.545 e. The summed E-state index contributed by atoms with van der Waals surface area (Å²) >= 11 is 0. The molecule has 0 heterocycles. The molecule has 0 N–H and O–H groups in total. The fourth-order valence-electron chi connectivity index (χ4n) is 4.63. The Morgan fingerprint density at radius 2 is 0.340 bits per heavy atom. The fraction of sp³-hybridized carbons (Fsp3) is 0. The molecular formula is C40H36MoO4P2+2. The van der Waals surface area contributed by atoms with Crippen molar-refractivity contribution < 1.29 is 40.2 Å². The first-order valence-electron chi connectivity index (χ1n) is 13.9. The van der Waals surface area contributed by atoms with Crippen molar-refractivity contribution in [3.8, 4) is 0 Å². The topological polar surface area (TPSA) is 68.3 Å². The Morgan fingerprint density at radius 3 is 0.447 bits per heavy atom. The van der Waals surface area contributed by atoms with Gasteiger partial charge in [-0.25, -0.2) is 0 Å². The first-order chi connectivity index (χ1) is 22.9. The Labute approximate surface area is 295 Å². The quantitative estimate of drug-likeness (QED) is 0.101. The van der Waals surface area contributed by atoms with Crippen molar-refractivity contribution in [2.24, 2.45) is 0 Å². The van der Waals surface area contributed by atoms with Gasteiger partial charge in [-0.15, -0.1) is 0 Å². The van der Waals surface area contributed by atoms with Gasteiger partial charge in [0.25, 0.3) is 0 Å². The van der Waals surface area contributed by atoms with Crippen LogP contribution in [0, 0.1) is 0 Å². The van der Waals surface area contributed by atoms with E-state index in [9.17, 15) is 0 Å². The molecule has 6 aromatic carbocycles. The molecule has 4 nitrogen and oxygen atoms in total. The number of hydrogen-bond donors (Lipinski definition) is 0. The summed E-state index contributed by atoms with van der Waals surface area (Å²) in [5.41, 5.74) is 0. The normalized spacial score (nSPS) is 8.89. The average Bonchev–Trinajstić information content (AvgIpc) is 3.18. The molecule has 234 valence electrons. The number of carbonyl (C=O) groups excluding carboxylic acids is 4. The largest absolute Gasteiger partial charge is 4.00 e. The summed E-state index contributed by atoms with van der Waals surface area (Å²) in [5, 5.41) is 8.61. The van der Waals surface area contributed by atoms with Gasteiger partial charge < -0.3 is 19.2 Å². The summed E-state index contributed by atoms with van der Waals surface area (Å²) in [6, 6.07) is 65.0. The molecule has 0 radical (unpaired) electrons. The molecule has 7 heteroatoms. The predicted octanol–water partition coefficient (Wildman–Crippen LogP) is 5.26. The van der Waals surface area contributed by atoms with E-state index in [2.05, 4.69) is 209 Å². The second-order valence-electron chi connectivity index (χ2n) is 8.95. The molecule has 6 aromatic rings. The molecule has 0 aliphatic carbocycles. The molecule has 0 fully saturated rings. The Bertz CT molecular complexity index is 1250. The van der Waals surface area contributed by atoms with Gasteiger partial charge in [-0.2, -0.15) is 0 Å². The minimum atomic E-state index is -0.877. The van der Waals surface area contributed by atoms with E-state index in [0.717, 1.165) is 0 Å². The Hall–Kier alpha value is -4.45. The maximum absolute atomic E-state index is 7.75. The Kier molecular flexibility index (Phi) is 25.2. The van der Waals surface area contributed by atoms with Gasteiger partial charge in [0.1, 0.15) is 31.8 Å². The second-order valence-corrected chi connectivity index (χ2v) is 13.9. The monoisotopic (exact) mass is 740 g/mol. The van der Waals surface area contributed by atoms with E-state index in [0.29, 0.717) is 0 Å². The van der Waals surface area contributed by atoms with Crippen LogP contribution in [-0.2, 0) is 40.2 Å². The average molecular weight is 739 g/mol. The first-order valence-corrected chi connectivity index (χ1v) is 16.9. The predicted molar refractivity (Wildman–Crippen MR) is 200 cm³/mol. The van der Waals surface area contributed by atoms with Crippen LogP contribution in [0.3, 0.4) is 0 Å². The van der Waals surface area contributed by atoms with Crippen molar-refractivity contribution in [1.82, 2.24) is 0 Å². The van der Waals surface area contributed by atoms with Gasteiger partial charge in [0.2, 0.25) is 0 Å².